The first kappa shape index (κ1) is 39.0. The number of halogens is 3. The highest BCUT2D eigenvalue weighted by molar-refractivity contribution is 6.99. The zero-order chi connectivity index (χ0) is 38.2. The number of aromatic nitrogens is 3. The van der Waals surface area contributed by atoms with E-state index in [1.54, 1.807) is 41.4 Å². The lowest BCUT2D eigenvalue weighted by atomic mass is 10.2. The van der Waals surface area contributed by atoms with Gasteiger partial charge in [0.1, 0.15) is 31.0 Å². The molecule has 1 saturated heterocycles. The third-order valence-electron chi connectivity index (χ3n) is 8.60. The second kappa shape index (κ2) is 16.6. The lowest BCUT2D eigenvalue weighted by molar-refractivity contribution is -0.173. The van der Waals surface area contributed by atoms with Gasteiger partial charge in [-0.1, -0.05) is 98.4 Å². The predicted molar refractivity (Wildman–Crippen MR) is 196 cm³/mol. The summed E-state index contributed by atoms with van der Waals surface area (Å²) in [5.41, 5.74) is 9.74. The van der Waals surface area contributed by atoms with Crippen LogP contribution in [-0.4, -0.2) is 92.4 Å². The molecule has 13 nitrogen and oxygen atoms in total. The van der Waals surface area contributed by atoms with E-state index in [0.717, 1.165) is 10.4 Å². The highest BCUT2D eigenvalue weighted by Crippen LogP contribution is 2.40. The number of amides is 1. The van der Waals surface area contributed by atoms with E-state index in [-0.39, 0.29) is 24.2 Å². The molecule has 1 amide bonds. The van der Waals surface area contributed by atoms with E-state index < -0.39 is 45.4 Å². The SMILES string of the molecule is CN(C)/C=N/c1ncnc2c1c(C#CCNC(=O)C(F)(F)F)cn2C1CC(OCN=[N+]=[N-])C(CO[Si](c2ccccc2)(c2ccccc2)C(C)(C)C)O1. The number of benzene rings is 2. The van der Waals surface area contributed by atoms with Crippen molar-refractivity contribution in [1.29, 1.82) is 0 Å². The van der Waals surface area contributed by atoms with Crippen molar-refractivity contribution in [3.63, 3.8) is 0 Å². The molecule has 1 aliphatic rings. The first-order chi connectivity index (χ1) is 25.3. The van der Waals surface area contributed by atoms with Gasteiger partial charge in [-0.25, -0.2) is 15.0 Å². The second-order valence-electron chi connectivity index (χ2n) is 13.4. The number of fused-ring (bicyclic) bond motifs is 1. The van der Waals surface area contributed by atoms with Crippen LogP contribution in [0.25, 0.3) is 21.5 Å². The van der Waals surface area contributed by atoms with E-state index in [1.165, 1.54) is 6.33 Å². The molecule has 1 aliphatic heterocycles. The maximum Gasteiger partial charge on any atom is 0.471 e. The van der Waals surface area contributed by atoms with Crippen LogP contribution in [0.1, 0.15) is 39.0 Å². The average molecular weight is 748 g/mol. The van der Waals surface area contributed by atoms with Crippen LogP contribution in [0.5, 0.6) is 0 Å². The van der Waals surface area contributed by atoms with Crippen molar-refractivity contribution in [3.05, 3.63) is 89.2 Å². The molecule has 2 aromatic heterocycles. The van der Waals surface area contributed by atoms with Gasteiger partial charge < -0.3 is 28.7 Å². The molecular formula is C36H40F3N9O4Si. The molecule has 0 radical (unpaired) electrons. The Labute approximate surface area is 305 Å². The molecule has 3 unspecified atom stereocenters. The molecule has 4 aromatic rings. The van der Waals surface area contributed by atoms with E-state index in [2.05, 4.69) is 81.9 Å². The summed E-state index contributed by atoms with van der Waals surface area (Å²) in [6.45, 7) is 5.88. The Morgan fingerprint density at radius 2 is 1.79 bits per heavy atom. The van der Waals surface area contributed by atoms with Crippen LogP contribution < -0.4 is 15.7 Å². The van der Waals surface area contributed by atoms with Crippen molar-refractivity contribution < 1.29 is 31.9 Å². The average Bonchev–Trinajstić information content (AvgIpc) is 3.70. The number of aliphatic imine (C=N–C) groups is 1. The second-order valence-corrected chi connectivity index (χ2v) is 17.7. The van der Waals surface area contributed by atoms with E-state index in [1.807, 2.05) is 36.4 Å². The minimum Gasteiger partial charge on any atom is -0.405 e. The van der Waals surface area contributed by atoms with Gasteiger partial charge in [0.25, 0.3) is 8.32 Å². The number of rotatable bonds is 12. The number of nitrogens with one attached hydrogen (secondary N) is 1. The number of ether oxygens (including phenoxy) is 2. The molecule has 3 heterocycles. The molecular weight excluding hydrogens is 708 g/mol. The Kier molecular flexibility index (Phi) is 12.2. The fourth-order valence-corrected chi connectivity index (χ4v) is 10.9. The van der Waals surface area contributed by atoms with Crippen LogP contribution in [0.2, 0.25) is 5.04 Å². The molecule has 0 saturated carbocycles. The number of nitrogens with zero attached hydrogens (tertiary/aromatic N) is 8. The van der Waals surface area contributed by atoms with Gasteiger partial charge in [-0.15, -0.1) is 0 Å². The Morgan fingerprint density at radius 1 is 1.13 bits per heavy atom. The molecule has 3 atom stereocenters. The van der Waals surface area contributed by atoms with Gasteiger partial charge in [0.15, 0.2) is 5.82 Å². The van der Waals surface area contributed by atoms with Crippen molar-refractivity contribution >= 4 is 47.8 Å². The molecule has 0 aliphatic carbocycles. The van der Waals surface area contributed by atoms with Gasteiger partial charge in [0, 0.05) is 31.6 Å². The van der Waals surface area contributed by atoms with Gasteiger partial charge in [0.05, 0.1) is 36.5 Å². The third kappa shape index (κ3) is 8.87. The van der Waals surface area contributed by atoms with Crippen LogP contribution in [0.4, 0.5) is 19.0 Å². The van der Waals surface area contributed by atoms with Crippen LogP contribution in [-0.2, 0) is 18.7 Å². The van der Waals surface area contributed by atoms with Crippen LogP contribution >= 0.6 is 0 Å². The molecule has 17 heteroatoms. The molecule has 0 bridgehead atoms. The summed E-state index contributed by atoms with van der Waals surface area (Å²) in [7, 11) is 0.600. The molecule has 2 aromatic carbocycles. The molecule has 1 N–H and O–H groups in total. The van der Waals surface area contributed by atoms with Crippen molar-refractivity contribution in [1.82, 2.24) is 24.8 Å². The topological polar surface area (TPSA) is 152 Å². The molecule has 5 rings (SSSR count). The standard InChI is InChI=1S/C36H40F3N9O4Si/c1-35(2,3)53(26-14-8-6-9-15-26,27-16-10-7-11-17-27)51-21-29-28(50-24-45-46-40)19-30(52-29)48-20-25(13-12-18-41-34(49)36(37,38)39)31-32(44-23-47(4)5)42-22-43-33(31)48/h6-11,14-17,20,22-23,28-30H,18-19,21,24H2,1-5H3,(H,41,49)/b44-23+. The van der Waals surface area contributed by atoms with Crippen molar-refractivity contribution in [2.24, 2.45) is 10.1 Å². The summed E-state index contributed by atoms with van der Waals surface area (Å²) < 4.78 is 59.9. The molecule has 0 spiro atoms. The maximum absolute atomic E-state index is 12.7. The summed E-state index contributed by atoms with van der Waals surface area (Å²) in [4.78, 5) is 29.2. The van der Waals surface area contributed by atoms with Gasteiger partial charge in [-0.3, -0.25) is 4.79 Å². The Balaban J connectivity index is 1.53. The largest absolute Gasteiger partial charge is 0.471 e. The first-order valence-corrected chi connectivity index (χ1v) is 18.6. The summed E-state index contributed by atoms with van der Waals surface area (Å²) in [5, 5.41) is 7.65. The fraction of sp³-hybridized carbons (Fsp3) is 0.389. The van der Waals surface area contributed by atoms with Crippen molar-refractivity contribution in [3.8, 4) is 11.8 Å². The summed E-state index contributed by atoms with van der Waals surface area (Å²) in [6, 6.07) is 20.3. The predicted octanol–water partition coefficient (Wildman–Crippen LogP) is 5.20. The molecule has 1 fully saturated rings. The zero-order valence-electron chi connectivity index (χ0n) is 29.9. The summed E-state index contributed by atoms with van der Waals surface area (Å²) in [6.07, 6.45) is -2.05. The number of alkyl halides is 3. The first-order valence-electron chi connectivity index (χ1n) is 16.7. The van der Waals surface area contributed by atoms with E-state index in [4.69, 9.17) is 19.4 Å². The highest BCUT2D eigenvalue weighted by Gasteiger charge is 2.51. The van der Waals surface area contributed by atoms with E-state index in [9.17, 15) is 18.0 Å². The van der Waals surface area contributed by atoms with E-state index >= 15 is 0 Å². The quantitative estimate of drug-likeness (QED) is 0.0398. The smallest absolute Gasteiger partial charge is 0.405 e. The Bertz CT molecular complexity index is 1980. The van der Waals surface area contributed by atoms with Crippen LogP contribution in [0.3, 0.4) is 0 Å². The number of hydrogen-bond acceptors (Lipinski definition) is 8. The lowest BCUT2D eigenvalue weighted by Crippen LogP contribution is -2.67. The Morgan fingerprint density at radius 3 is 2.38 bits per heavy atom. The zero-order valence-corrected chi connectivity index (χ0v) is 30.9. The number of carbonyl (C=O) groups is 1. The van der Waals surface area contributed by atoms with Gasteiger partial charge >= 0.3 is 12.1 Å². The number of hydrogen-bond donors (Lipinski definition) is 1. The normalized spacial score (nSPS) is 17.7. The van der Waals surface area contributed by atoms with Gasteiger partial charge in [-0.2, -0.15) is 13.2 Å². The van der Waals surface area contributed by atoms with Crippen molar-refractivity contribution in [2.45, 2.75) is 56.8 Å². The monoisotopic (exact) mass is 747 g/mol. The van der Waals surface area contributed by atoms with Crippen LogP contribution in [0, 0.1) is 11.8 Å². The minimum atomic E-state index is -5.03. The van der Waals surface area contributed by atoms with Crippen LogP contribution in [0.15, 0.2) is 83.3 Å². The molecule has 278 valence electrons. The summed E-state index contributed by atoms with van der Waals surface area (Å²) in [5.74, 6) is 3.61. The van der Waals surface area contributed by atoms with Gasteiger partial charge in [0.2, 0.25) is 0 Å². The maximum atomic E-state index is 12.7. The molecule has 53 heavy (non-hydrogen) atoms. The fourth-order valence-electron chi connectivity index (χ4n) is 6.34. The van der Waals surface area contributed by atoms with Gasteiger partial charge in [-0.05, 0) is 20.9 Å². The highest BCUT2D eigenvalue weighted by atomic mass is 28.4. The number of azide groups is 1. The summed E-state index contributed by atoms with van der Waals surface area (Å²) >= 11 is 0. The Hall–Kier alpha value is -5.24. The van der Waals surface area contributed by atoms with Crippen molar-refractivity contribution in [2.75, 3.05) is 34.0 Å². The minimum absolute atomic E-state index is 0.142. The van der Waals surface area contributed by atoms with E-state index in [0.29, 0.717) is 23.0 Å². The lowest BCUT2D eigenvalue weighted by Gasteiger charge is -2.43. The number of carbonyl (C=O) groups excluding carboxylic acids is 1. The third-order valence-corrected chi connectivity index (χ3v) is 13.6.